The van der Waals surface area contributed by atoms with Crippen LogP contribution >= 0.6 is 0 Å². The number of carbonyl (C=O) groups is 1. The van der Waals surface area contributed by atoms with Gasteiger partial charge in [-0.1, -0.05) is 6.07 Å². The molecule has 0 radical (unpaired) electrons. The number of hydrogen-bond donors (Lipinski definition) is 2. The molecule has 1 amide bonds. The first-order chi connectivity index (χ1) is 9.08. The number of nitrogen functional groups attached to an aromatic ring is 1. The number of amides is 1. The van der Waals surface area contributed by atoms with Crippen molar-refractivity contribution in [1.29, 1.82) is 0 Å². The lowest BCUT2D eigenvalue weighted by Crippen LogP contribution is -2.24. The third-order valence-electron chi connectivity index (χ3n) is 2.68. The van der Waals surface area contributed by atoms with E-state index >= 15 is 0 Å². The van der Waals surface area contributed by atoms with Gasteiger partial charge in [0, 0.05) is 11.9 Å². The number of nitrogens with zero attached hydrogens (tertiary/aromatic N) is 1. The van der Waals surface area contributed by atoms with Crippen LogP contribution in [0.3, 0.4) is 0 Å². The fourth-order valence-corrected chi connectivity index (χ4v) is 1.73. The molecule has 98 valence electrons. The third kappa shape index (κ3) is 3.07. The van der Waals surface area contributed by atoms with Crippen molar-refractivity contribution in [3.8, 4) is 0 Å². The van der Waals surface area contributed by atoms with Gasteiger partial charge in [-0.3, -0.25) is 9.78 Å². The highest BCUT2D eigenvalue weighted by Crippen LogP contribution is 2.17. The summed E-state index contributed by atoms with van der Waals surface area (Å²) in [5.74, 6) is -1.05. The molecule has 5 heteroatoms. The minimum absolute atomic E-state index is 0.0477. The van der Waals surface area contributed by atoms with Gasteiger partial charge in [0.15, 0.2) is 0 Å². The van der Waals surface area contributed by atoms with Crippen molar-refractivity contribution in [2.24, 2.45) is 0 Å². The number of benzene rings is 1. The van der Waals surface area contributed by atoms with E-state index < -0.39 is 11.7 Å². The number of halogens is 1. The zero-order valence-electron chi connectivity index (χ0n) is 10.5. The van der Waals surface area contributed by atoms with E-state index in [1.54, 1.807) is 25.3 Å². The summed E-state index contributed by atoms with van der Waals surface area (Å²) >= 11 is 0. The number of hydrogen-bond acceptors (Lipinski definition) is 3. The Hall–Kier alpha value is -2.43. The standard InChI is InChI=1S/C14H14FN3O/c1-9-6-10(16)7-12(13(9)15)14(19)18-8-11-4-2-3-5-17-11/h2-7H,8,16H2,1H3,(H,18,19). The Morgan fingerprint density at radius 3 is 2.89 bits per heavy atom. The smallest absolute Gasteiger partial charge is 0.254 e. The molecule has 0 saturated carbocycles. The van der Waals surface area contributed by atoms with Crippen molar-refractivity contribution in [2.45, 2.75) is 13.5 Å². The number of carbonyl (C=O) groups excluding carboxylic acids is 1. The van der Waals surface area contributed by atoms with Crippen LogP contribution in [0.1, 0.15) is 21.6 Å². The van der Waals surface area contributed by atoms with Crippen LogP contribution in [-0.2, 0) is 6.54 Å². The Morgan fingerprint density at radius 2 is 2.21 bits per heavy atom. The molecule has 0 atom stereocenters. The molecule has 0 fully saturated rings. The number of nitrogens with one attached hydrogen (secondary N) is 1. The molecule has 0 bridgehead atoms. The number of anilines is 1. The van der Waals surface area contributed by atoms with Gasteiger partial charge in [-0.25, -0.2) is 4.39 Å². The molecular weight excluding hydrogens is 245 g/mol. The number of rotatable bonds is 3. The Bertz CT molecular complexity index is 599. The molecule has 0 spiro atoms. The average molecular weight is 259 g/mol. The number of pyridine rings is 1. The van der Waals surface area contributed by atoms with Crippen molar-refractivity contribution >= 4 is 11.6 Å². The predicted octanol–water partition coefficient (Wildman–Crippen LogP) is 2.04. The van der Waals surface area contributed by atoms with E-state index in [1.807, 2.05) is 6.07 Å². The van der Waals surface area contributed by atoms with Crippen molar-refractivity contribution < 1.29 is 9.18 Å². The van der Waals surface area contributed by atoms with Crippen molar-refractivity contribution in [3.63, 3.8) is 0 Å². The minimum Gasteiger partial charge on any atom is -0.399 e. The van der Waals surface area contributed by atoms with Gasteiger partial charge in [-0.2, -0.15) is 0 Å². The third-order valence-corrected chi connectivity index (χ3v) is 2.68. The van der Waals surface area contributed by atoms with Crippen LogP contribution in [0.2, 0.25) is 0 Å². The quantitative estimate of drug-likeness (QED) is 0.829. The Morgan fingerprint density at radius 1 is 1.42 bits per heavy atom. The molecule has 4 nitrogen and oxygen atoms in total. The van der Waals surface area contributed by atoms with Gasteiger partial charge in [0.05, 0.1) is 17.8 Å². The lowest BCUT2D eigenvalue weighted by Gasteiger charge is -2.08. The fourth-order valence-electron chi connectivity index (χ4n) is 1.73. The highest BCUT2D eigenvalue weighted by molar-refractivity contribution is 5.95. The maximum absolute atomic E-state index is 13.8. The van der Waals surface area contributed by atoms with Crippen LogP contribution in [-0.4, -0.2) is 10.9 Å². The zero-order chi connectivity index (χ0) is 13.8. The second-order valence-electron chi connectivity index (χ2n) is 4.20. The normalized spacial score (nSPS) is 10.2. The summed E-state index contributed by atoms with van der Waals surface area (Å²) in [6.45, 7) is 1.81. The molecular formula is C14H14FN3O. The largest absolute Gasteiger partial charge is 0.399 e. The van der Waals surface area contributed by atoms with E-state index in [9.17, 15) is 9.18 Å². The monoisotopic (exact) mass is 259 g/mol. The van der Waals surface area contributed by atoms with E-state index in [1.165, 1.54) is 12.1 Å². The van der Waals surface area contributed by atoms with Gasteiger partial charge in [-0.15, -0.1) is 0 Å². The SMILES string of the molecule is Cc1cc(N)cc(C(=O)NCc2ccccn2)c1F. The van der Waals surface area contributed by atoms with Crippen LogP contribution < -0.4 is 11.1 Å². The van der Waals surface area contributed by atoms with Gasteiger partial charge in [0.1, 0.15) is 5.82 Å². The Kier molecular flexibility index (Phi) is 3.75. The first-order valence-corrected chi connectivity index (χ1v) is 5.81. The fraction of sp³-hybridized carbons (Fsp3) is 0.143. The van der Waals surface area contributed by atoms with E-state index in [0.29, 0.717) is 16.9 Å². The number of aryl methyl sites for hydroxylation is 1. The molecule has 1 heterocycles. The molecule has 0 aliphatic carbocycles. The summed E-state index contributed by atoms with van der Waals surface area (Å²) < 4.78 is 13.8. The summed E-state index contributed by atoms with van der Waals surface area (Å²) in [5, 5.41) is 2.61. The first-order valence-electron chi connectivity index (χ1n) is 5.81. The molecule has 1 aromatic carbocycles. The lowest BCUT2D eigenvalue weighted by molar-refractivity contribution is 0.0946. The van der Waals surface area contributed by atoms with Gasteiger partial charge < -0.3 is 11.1 Å². The second kappa shape index (κ2) is 5.48. The van der Waals surface area contributed by atoms with Gasteiger partial charge in [0.25, 0.3) is 5.91 Å². The van der Waals surface area contributed by atoms with Gasteiger partial charge >= 0.3 is 0 Å². The highest BCUT2D eigenvalue weighted by Gasteiger charge is 2.14. The van der Waals surface area contributed by atoms with E-state index in [4.69, 9.17) is 5.73 Å². The van der Waals surface area contributed by atoms with E-state index in [-0.39, 0.29) is 12.1 Å². The first kappa shape index (κ1) is 13.0. The topological polar surface area (TPSA) is 68.0 Å². The summed E-state index contributed by atoms with van der Waals surface area (Å²) in [4.78, 5) is 16.0. The summed E-state index contributed by atoms with van der Waals surface area (Å²) in [6.07, 6.45) is 1.63. The van der Waals surface area contributed by atoms with Gasteiger partial charge in [0.2, 0.25) is 0 Å². The van der Waals surface area contributed by atoms with Crippen LogP contribution in [0.15, 0.2) is 36.5 Å². The van der Waals surface area contributed by atoms with Crippen LogP contribution in [0.25, 0.3) is 0 Å². The Labute approximate surface area is 110 Å². The van der Waals surface area contributed by atoms with E-state index in [2.05, 4.69) is 10.3 Å². The van der Waals surface area contributed by atoms with Crippen molar-refractivity contribution in [1.82, 2.24) is 10.3 Å². The summed E-state index contributed by atoms with van der Waals surface area (Å²) in [5.41, 5.74) is 6.98. The number of nitrogens with two attached hydrogens (primary N) is 1. The minimum atomic E-state index is -0.548. The Balaban J connectivity index is 2.13. The lowest BCUT2D eigenvalue weighted by atomic mass is 10.1. The maximum atomic E-state index is 13.8. The number of aromatic nitrogens is 1. The molecule has 2 rings (SSSR count). The van der Waals surface area contributed by atoms with Crippen molar-refractivity contribution in [3.05, 3.63) is 59.2 Å². The highest BCUT2D eigenvalue weighted by atomic mass is 19.1. The molecule has 19 heavy (non-hydrogen) atoms. The maximum Gasteiger partial charge on any atom is 0.254 e. The molecule has 1 aromatic heterocycles. The van der Waals surface area contributed by atoms with E-state index in [0.717, 1.165) is 0 Å². The molecule has 0 aliphatic rings. The second-order valence-corrected chi connectivity index (χ2v) is 4.20. The predicted molar refractivity (Wildman–Crippen MR) is 71.0 cm³/mol. The summed E-state index contributed by atoms with van der Waals surface area (Å²) in [6, 6.07) is 8.20. The summed E-state index contributed by atoms with van der Waals surface area (Å²) in [7, 11) is 0. The molecule has 2 aromatic rings. The van der Waals surface area contributed by atoms with Crippen LogP contribution in [0, 0.1) is 12.7 Å². The average Bonchev–Trinajstić information content (AvgIpc) is 2.41. The molecule has 0 saturated heterocycles. The molecule has 0 unspecified atom stereocenters. The van der Waals surface area contributed by atoms with Crippen LogP contribution in [0.5, 0.6) is 0 Å². The van der Waals surface area contributed by atoms with Crippen LogP contribution in [0.4, 0.5) is 10.1 Å². The van der Waals surface area contributed by atoms with Crippen molar-refractivity contribution in [2.75, 3.05) is 5.73 Å². The van der Waals surface area contributed by atoms with Gasteiger partial charge in [-0.05, 0) is 36.8 Å². The molecule has 3 N–H and O–H groups in total. The molecule has 0 aliphatic heterocycles. The zero-order valence-corrected chi connectivity index (χ0v) is 10.5.